The van der Waals surface area contributed by atoms with Gasteiger partial charge in [0.2, 0.25) is 0 Å². The number of ether oxygens (including phenoxy) is 2. The maximum atomic E-state index is 13.0. The maximum absolute atomic E-state index is 13.0. The average Bonchev–Trinajstić information content (AvgIpc) is 2.79. The molecule has 0 aliphatic rings. The molecule has 0 radical (unpaired) electrons. The second-order valence-corrected chi connectivity index (χ2v) is 8.20. The fourth-order valence-corrected chi connectivity index (χ4v) is 3.82. The first-order chi connectivity index (χ1) is 15.1. The molecule has 0 fully saturated rings. The van der Waals surface area contributed by atoms with E-state index in [-0.39, 0.29) is 0 Å². The van der Waals surface area contributed by atoms with Crippen LogP contribution in [-0.2, 0) is 6.42 Å². The molecular formula is C25H20BrClO4. The summed E-state index contributed by atoms with van der Waals surface area (Å²) in [5.41, 5.74) is 3.36. The molecule has 0 unspecified atom stereocenters. The number of methoxy groups -OCH3 is 1. The molecule has 0 saturated carbocycles. The van der Waals surface area contributed by atoms with Crippen LogP contribution in [0.25, 0.3) is 22.1 Å². The third-order valence-electron chi connectivity index (χ3n) is 5.01. The largest absolute Gasteiger partial charge is 0.497 e. The number of hydrogen-bond donors (Lipinski definition) is 0. The highest BCUT2D eigenvalue weighted by Gasteiger charge is 2.17. The topological polar surface area (TPSA) is 48.7 Å². The molecule has 0 amide bonds. The van der Waals surface area contributed by atoms with E-state index in [2.05, 4.69) is 15.9 Å². The SMILES string of the molecule is COc1ccc2c(Cc3ccc(OCCBr)cc3)c(-c3ccc(Cl)cc3)c(=O)oc2c1. The number of alkyl halides is 1. The average molecular weight is 500 g/mol. The molecule has 4 aromatic rings. The second kappa shape index (κ2) is 9.58. The number of rotatable bonds is 7. The monoisotopic (exact) mass is 498 g/mol. The van der Waals surface area contributed by atoms with Gasteiger partial charge in [0.15, 0.2) is 0 Å². The number of halogens is 2. The zero-order valence-electron chi connectivity index (χ0n) is 16.9. The third kappa shape index (κ3) is 4.78. The van der Waals surface area contributed by atoms with Gasteiger partial charge in [0.25, 0.3) is 0 Å². The maximum Gasteiger partial charge on any atom is 0.344 e. The van der Waals surface area contributed by atoms with Gasteiger partial charge in [-0.15, -0.1) is 0 Å². The van der Waals surface area contributed by atoms with E-state index in [0.29, 0.717) is 34.9 Å². The van der Waals surface area contributed by atoms with Gasteiger partial charge in [0, 0.05) is 21.8 Å². The molecule has 0 bridgehead atoms. The van der Waals surface area contributed by atoms with E-state index < -0.39 is 5.63 Å². The fourth-order valence-electron chi connectivity index (χ4n) is 3.53. The second-order valence-electron chi connectivity index (χ2n) is 6.97. The van der Waals surface area contributed by atoms with Crippen molar-refractivity contribution in [3.8, 4) is 22.6 Å². The van der Waals surface area contributed by atoms with Crippen molar-refractivity contribution in [3.05, 3.63) is 93.3 Å². The highest BCUT2D eigenvalue weighted by molar-refractivity contribution is 9.09. The van der Waals surface area contributed by atoms with Crippen LogP contribution in [0.15, 0.2) is 75.9 Å². The van der Waals surface area contributed by atoms with Crippen LogP contribution in [0.3, 0.4) is 0 Å². The molecule has 3 aromatic carbocycles. The van der Waals surface area contributed by atoms with Gasteiger partial charge >= 0.3 is 5.63 Å². The van der Waals surface area contributed by atoms with Crippen LogP contribution in [0.1, 0.15) is 11.1 Å². The van der Waals surface area contributed by atoms with Crippen LogP contribution in [0.5, 0.6) is 11.5 Å². The minimum Gasteiger partial charge on any atom is -0.497 e. The summed E-state index contributed by atoms with van der Waals surface area (Å²) in [6.07, 6.45) is 0.561. The Balaban J connectivity index is 1.84. The Bertz CT molecular complexity index is 1250. The molecule has 4 rings (SSSR count). The van der Waals surface area contributed by atoms with Crippen LogP contribution < -0.4 is 15.1 Å². The van der Waals surface area contributed by atoms with Crippen molar-refractivity contribution in [2.45, 2.75) is 6.42 Å². The summed E-state index contributed by atoms with van der Waals surface area (Å²) in [6.45, 7) is 0.603. The predicted octanol–water partition coefficient (Wildman–Crippen LogP) is 6.49. The summed E-state index contributed by atoms with van der Waals surface area (Å²) in [6, 6.07) is 20.7. The number of hydrogen-bond acceptors (Lipinski definition) is 4. The van der Waals surface area contributed by atoms with E-state index in [1.807, 2.05) is 48.5 Å². The lowest BCUT2D eigenvalue weighted by atomic mass is 9.93. The van der Waals surface area contributed by atoms with Gasteiger partial charge in [-0.2, -0.15) is 0 Å². The first-order valence-electron chi connectivity index (χ1n) is 9.76. The van der Waals surface area contributed by atoms with E-state index >= 15 is 0 Å². The molecule has 0 N–H and O–H groups in total. The molecule has 0 aliphatic heterocycles. The van der Waals surface area contributed by atoms with E-state index in [1.54, 1.807) is 25.3 Å². The summed E-state index contributed by atoms with van der Waals surface area (Å²) in [7, 11) is 1.58. The highest BCUT2D eigenvalue weighted by Crippen LogP contribution is 2.32. The molecule has 1 aromatic heterocycles. The summed E-state index contributed by atoms with van der Waals surface area (Å²) in [5.74, 6) is 1.44. The highest BCUT2D eigenvalue weighted by atomic mass is 79.9. The smallest absolute Gasteiger partial charge is 0.344 e. The van der Waals surface area contributed by atoms with Crippen LogP contribution in [0, 0.1) is 0 Å². The van der Waals surface area contributed by atoms with Gasteiger partial charge in [0.05, 0.1) is 19.3 Å². The zero-order valence-corrected chi connectivity index (χ0v) is 19.2. The Morgan fingerprint density at radius 1 is 0.968 bits per heavy atom. The van der Waals surface area contributed by atoms with Gasteiger partial charge < -0.3 is 13.9 Å². The van der Waals surface area contributed by atoms with Crippen LogP contribution in [0.2, 0.25) is 5.02 Å². The Kier molecular flexibility index (Phi) is 6.64. The standard InChI is InChI=1S/C25H20BrClO4/c1-29-20-10-11-21-22(14-16-2-8-19(9-3-16)30-13-12-26)24(25(28)31-23(21)15-20)17-4-6-18(27)7-5-17/h2-11,15H,12-14H2,1H3. The van der Waals surface area contributed by atoms with E-state index in [4.69, 9.17) is 25.5 Å². The van der Waals surface area contributed by atoms with Crippen molar-refractivity contribution in [1.29, 1.82) is 0 Å². The van der Waals surface area contributed by atoms with Gasteiger partial charge in [-0.05, 0) is 59.5 Å². The molecule has 0 atom stereocenters. The lowest BCUT2D eigenvalue weighted by molar-refractivity contribution is 0.345. The minimum atomic E-state index is -0.393. The summed E-state index contributed by atoms with van der Waals surface area (Å²) >= 11 is 9.42. The Morgan fingerprint density at radius 2 is 1.68 bits per heavy atom. The first kappa shape index (κ1) is 21.5. The van der Waals surface area contributed by atoms with Crippen LogP contribution in [0.4, 0.5) is 0 Å². The van der Waals surface area contributed by atoms with E-state index in [1.165, 1.54) is 0 Å². The third-order valence-corrected chi connectivity index (χ3v) is 5.58. The molecule has 0 saturated heterocycles. The number of benzene rings is 3. The molecule has 31 heavy (non-hydrogen) atoms. The Morgan fingerprint density at radius 3 is 2.35 bits per heavy atom. The Hall–Kier alpha value is -2.76. The van der Waals surface area contributed by atoms with Gasteiger partial charge in [-0.3, -0.25) is 0 Å². The van der Waals surface area contributed by atoms with Crippen molar-refractivity contribution >= 4 is 38.5 Å². The zero-order chi connectivity index (χ0) is 21.8. The van der Waals surface area contributed by atoms with Crippen molar-refractivity contribution in [2.75, 3.05) is 19.0 Å². The summed E-state index contributed by atoms with van der Waals surface area (Å²) in [5, 5.41) is 2.25. The number of fused-ring (bicyclic) bond motifs is 1. The van der Waals surface area contributed by atoms with Gasteiger partial charge in [-0.1, -0.05) is 51.8 Å². The van der Waals surface area contributed by atoms with E-state index in [9.17, 15) is 4.79 Å². The van der Waals surface area contributed by atoms with Gasteiger partial charge in [0.1, 0.15) is 17.1 Å². The molecule has 1 heterocycles. The van der Waals surface area contributed by atoms with Gasteiger partial charge in [-0.25, -0.2) is 4.79 Å². The van der Waals surface area contributed by atoms with Crippen LogP contribution in [-0.4, -0.2) is 19.0 Å². The molecule has 0 aliphatic carbocycles. The summed E-state index contributed by atoms with van der Waals surface area (Å²) < 4.78 is 16.6. The molecular weight excluding hydrogens is 480 g/mol. The summed E-state index contributed by atoms with van der Waals surface area (Å²) in [4.78, 5) is 13.0. The van der Waals surface area contributed by atoms with E-state index in [0.717, 1.165) is 33.2 Å². The molecule has 4 nitrogen and oxygen atoms in total. The normalized spacial score (nSPS) is 10.9. The quantitative estimate of drug-likeness (QED) is 0.215. The molecule has 0 spiro atoms. The molecule has 6 heteroatoms. The van der Waals surface area contributed by atoms with Crippen molar-refractivity contribution in [2.24, 2.45) is 0 Å². The molecule has 158 valence electrons. The van der Waals surface area contributed by atoms with Crippen molar-refractivity contribution in [1.82, 2.24) is 0 Å². The van der Waals surface area contributed by atoms with Crippen LogP contribution >= 0.6 is 27.5 Å². The van der Waals surface area contributed by atoms with Crippen molar-refractivity contribution in [3.63, 3.8) is 0 Å². The predicted molar refractivity (Wildman–Crippen MR) is 128 cm³/mol. The fraction of sp³-hybridized carbons (Fsp3) is 0.160. The lowest BCUT2D eigenvalue weighted by Gasteiger charge is -2.13. The first-order valence-corrected chi connectivity index (χ1v) is 11.3. The minimum absolute atomic E-state index is 0.393. The Labute approximate surface area is 193 Å². The van der Waals surface area contributed by atoms with Crippen molar-refractivity contribution < 1.29 is 13.9 Å². The lowest BCUT2D eigenvalue weighted by Crippen LogP contribution is -2.09.